The van der Waals surface area contributed by atoms with Crippen LogP contribution in [0.1, 0.15) is 11.1 Å². The molecule has 0 atom stereocenters. The lowest BCUT2D eigenvalue weighted by molar-refractivity contribution is -0.121. The number of carbonyl (C=O) groups is 1. The fourth-order valence-corrected chi connectivity index (χ4v) is 3.90. The Morgan fingerprint density at radius 3 is 2.41 bits per heavy atom. The Hall–Kier alpha value is -2.58. The third-order valence-electron chi connectivity index (χ3n) is 4.04. The van der Waals surface area contributed by atoms with Crippen molar-refractivity contribution in [2.75, 3.05) is 27.8 Å². The molecular weight excluding hydrogens is 368 g/mol. The van der Waals surface area contributed by atoms with E-state index < -0.39 is 15.9 Å². The van der Waals surface area contributed by atoms with E-state index in [-0.39, 0.29) is 23.7 Å². The molecule has 2 aromatic rings. The summed E-state index contributed by atoms with van der Waals surface area (Å²) in [5.41, 5.74) is 1.59. The van der Waals surface area contributed by atoms with Crippen LogP contribution in [-0.4, -0.2) is 46.4 Å². The number of benzene rings is 2. The monoisotopic (exact) mass is 392 g/mol. The molecule has 0 aliphatic heterocycles. The summed E-state index contributed by atoms with van der Waals surface area (Å²) < 4.78 is 37.0. The molecule has 0 aliphatic rings. The summed E-state index contributed by atoms with van der Waals surface area (Å²) >= 11 is 0. The van der Waals surface area contributed by atoms with E-state index in [0.717, 1.165) is 15.4 Å². The Labute approximate surface area is 160 Å². The minimum Gasteiger partial charge on any atom is -0.496 e. The summed E-state index contributed by atoms with van der Waals surface area (Å²) in [6, 6.07) is 12.2. The second kappa shape index (κ2) is 8.88. The highest BCUT2D eigenvalue weighted by Crippen LogP contribution is 2.27. The molecule has 2 rings (SSSR count). The number of nitrogens with one attached hydrogen (secondary N) is 1. The predicted octanol–water partition coefficient (Wildman–Crippen LogP) is 1.95. The maximum absolute atomic E-state index is 12.8. The lowest BCUT2D eigenvalue weighted by atomic mass is 10.2. The van der Waals surface area contributed by atoms with Gasteiger partial charge in [0.05, 0.1) is 20.8 Å². The summed E-state index contributed by atoms with van der Waals surface area (Å²) in [6.45, 7) is 1.72. The fraction of sp³-hybridized carbons (Fsp3) is 0.316. The van der Waals surface area contributed by atoms with Gasteiger partial charge in [0.25, 0.3) is 0 Å². The number of aryl methyl sites for hydroxylation is 1. The van der Waals surface area contributed by atoms with E-state index in [4.69, 9.17) is 9.47 Å². The van der Waals surface area contributed by atoms with Gasteiger partial charge >= 0.3 is 0 Å². The van der Waals surface area contributed by atoms with Crippen molar-refractivity contribution >= 4 is 15.9 Å². The highest BCUT2D eigenvalue weighted by atomic mass is 32.2. The zero-order chi connectivity index (χ0) is 20.0. The van der Waals surface area contributed by atoms with Crippen LogP contribution in [0.5, 0.6) is 11.5 Å². The quantitative estimate of drug-likeness (QED) is 0.742. The second-order valence-electron chi connectivity index (χ2n) is 6.00. The normalized spacial score (nSPS) is 11.3. The maximum Gasteiger partial charge on any atom is 0.246 e. The first kappa shape index (κ1) is 20.7. The Balaban J connectivity index is 2.08. The van der Waals surface area contributed by atoms with Crippen LogP contribution in [0.3, 0.4) is 0 Å². The van der Waals surface area contributed by atoms with E-state index in [1.807, 2.05) is 18.2 Å². The van der Waals surface area contributed by atoms with E-state index in [1.165, 1.54) is 20.2 Å². The zero-order valence-electron chi connectivity index (χ0n) is 15.9. The van der Waals surface area contributed by atoms with Gasteiger partial charge in [-0.1, -0.05) is 24.3 Å². The molecule has 0 aromatic heterocycles. The van der Waals surface area contributed by atoms with Crippen molar-refractivity contribution in [3.63, 3.8) is 0 Å². The molecule has 8 heteroatoms. The van der Waals surface area contributed by atoms with Crippen LogP contribution < -0.4 is 14.8 Å². The predicted molar refractivity (Wildman–Crippen MR) is 102 cm³/mol. The number of sulfonamides is 1. The first-order valence-electron chi connectivity index (χ1n) is 8.29. The number of hydrogen-bond donors (Lipinski definition) is 1. The largest absolute Gasteiger partial charge is 0.496 e. The average molecular weight is 392 g/mol. The van der Waals surface area contributed by atoms with Crippen molar-refractivity contribution in [3.8, 4) is 11.5 Å². The molecule has 1 N–H and O–H groups in total. The topological polar surface area (TPSA) is 84.9 Å². The van der Waals surface area contributed by atoms with E-state index in [2.05, 4.69) is 5.32 Å². The molecule has 0 bridgehead atoms. The van der Waals surface area contributed by atoms with Gasteiger partial charge in [-0.15, -0.1) is 0 Å². The van der Waals surface area contributed by atoms with Gasteiger partial charge in [0.2, 0.25) is 15.9 Å². The van der Waals surface area contributed by atoms with Gasteiger partial charge in [0.1, 0.15) is 16.4 Å². The molecule has 0 aliphatic carbocycles. The Bertz CT molecular complexity index is 912. The number of ether oxygens (including phenoxy) is 2. The summed E-state index contributed by atoms with van der Waals surface area (Å²) in [4.78, 5) is 12.3. The maximum atomic E-state index is 12.8. The van der Waals surface area contributed by atoms with Gasteiger partial charge in [-0.3, -0.25) is 4.79 Å². The van der Waals surface area contributed by atoms with Crippen molar-refractivity contribution in [1.29, 1.82) is 0 Å². The van der Waals surface area contributed by atoms with E-state index in [0.29, 0.717) is 5.75 Å². The molecule has 0 saturated carbocycles. The van der Waals surface area contributed by atoms with E-state index in [9.17, 15) is 13.2 Å². The molecule has 1 amide bonds. The number of nitrogens with zero attached hydrogens (tertiary/aromatic N) is 1. The highest BCUT2D eigenvalue weighted by molar-refractivity contribution is 7.89. The van der Waals surface area contributed by atoms with Crippen LogP contribution in [0, 0.1) is 6.92 Å². The third kappa shape index (κ3) is 4.99. The summed E-state index contributed by atoms with van der Waals surface area (Å²) in [5, 5.41) is 2.71. The van der Waals surface area contributed by atoms with Crippen LogP contribution in [0.15, 0.2) is 47.4 Å². The molecule has 146 valence electrons. The number of rotatable bonds is 8. The van der Waals surface area contributed by atoms with Gasteiger partial charge in [0.15, 0.2) is 0 Å². The molecule has 0 radical (unpaired) electrons. The molecule has 0 unspecified atom stereocenters. The van der Waals surface area contributed by atoms with E-state index >= 15 is 0 Å². The Morgan fingerprint density at radius 2 is 1.74 bits per heavy atom. The molecule has 0 fully saturated rings. The highest BCUT2D eigenvalue weighted by Gasteiger charge is 2.26. The van der Waals surface area contributed by atoms with Crippen molar-refractivity contribution in [1.82, 2.24) is 9.62 Å². The smallest absolute Gasteiger partial charge is 0.246 e. The van der Waals surface area contributed by atoms with Crippen molar-refractivity contribution in [2.24, 2.45) is 0 Å². The Morgan fingerprint density at radius 1 is 1.07 bits per heavy atom. The van der Waals surface area contributed by atoms with Gasteiger partial charge in [0, 0.05) is 19.2 Å². The molecule has 7 nitrogen and oxygen atoms in total. The number of hydrogen-bond acceptors (Lipinski definition) is 5. The first-order chi connectivity index (χ1) is 12.8. The van der Waals surface area contributed by atoms with Gasteiger partial charge < -0.3 is 14.8 Å². The van der Waals surface area contributed by atoms with Gasteiger partial charge in [-0.05, 0) is 30.7 Å². The minimum atomic E-state index is -3.87. The molecule has 2 aromatic carbocycles. The van der Waals surface area contributed by atoms with Crippen molar-refractivity contribution < 1.29 is 22.7 Å². The minimum absolute atomic E-state index is 0.0324. The van der Waals surface area contributed by atoms with Crippen LogP contribution in [-0.2, 0) is 21.4 Å². The summed E-state index contributed by atoms with van der Waals surface area (Å²) in [7, 11) is 0.447. The lowest BCUT2D eigenvalue weighted by Crippen LogP contribution is -2.38. The standard InChI is InChI=1S/C19H24N2O5S/c1-14-9-10-17(26-4)18(11-14)27(23,24)21(2)13-19(22)20-12-15-7-5-6-8-16(15)25-3/h5-11H,12-13H2,1-4H3,(H,20,22). The van der Waals surface area contributed by atoms with Crippen LogP contribution in [0.4, 0.5) is 0 Å². The number of para-hydroxylation sites is 1. The van der Waals surface area contributed by atoms with Gasteiger partial charge in [-0.25, -0.2) is 8.42 Å². The lowest BCUT2D eigenvalue weighted by Gasteiger charge is -2.19. The average Bonchev–Trinajstić information content (AvgIpc) is 2.66. The van der Waals surface area contributed by atoms with E-state index in [1.54, 1.807) is 32.2 Å². The number of carbonyl (C=O) groups excluding carboxylic acids is 1. The fourth-order valence-electron chi connectivity index (χ4n) is 2.54. The number of methoxy groups -OCH3 is 2. The summed E-state index contributed by atoms with van der Waals surface area (Å²) in [5.74, 6) is 0.476. The van der Waals surface area contributed by atoms with Crippen LogP contribution >= 0.6 is 0 Å². The number of likely N-dealkylation sites (N-methyl/N-ethyl adjacent to an activating group) is 1. The molecule has 27 heavy (non-hydrogen) atoms. The molecule has 0 saturated heterocycles. The third-order valence-corrected chi connectivity index (χ3v) is 5.87. The number of amides is 1. The van der Waals surface area contributed by atoms with Crippen LogP contribution in [0.2, 0.25) is 0 Å². The molecular formula is C19H24N2O5S. The Kier molecular flexibility index (Phi) is 6.81. The van der Waals surface area contributed by atoms with Crippen LogP contribution in [0.25, 0.3) is 0 Å². The zero-order valence-corrected chi connectivity index (χ0v) is 16.7. The second-order valence-corrected chi connectivity index (χ2v) is 8.02. The molecule has 0 heterocycles. The first-order valence-corrected chi connectivity index (χ1v) is 9.73. The van der Waals surface area contributed by atoms with Crippen molar-refractivity contribution in [2.45, 2.75) is 18.4 Å². The molecule has 0 spiro atoms. The summed E-state index contributed by atoms with van der Waals surface area (Å²) in [6.07, 6.45) is 0. The van der Waals surface area contributed by atoms with Crippen molar-refractivity contribution in [3.05, 3.63) is 53.6 Å². The van der Waals surface area contributed by atoms with Gasteiger partial charge in [-0.2, -0.15) is 4.31 Å². The SMILES string of the molecule is COc1ccccc1CNC(=O)CN(C)S(=O)(=O)c1cc(C)ccc1OC.